The van der Waals surface area contributed by atoms with Crippen LogP contribution in [0.1, 0.15) is 15.9 Å². The third-order valence-corrected chi connectivity index (χ3v) is 3.25. The number of benzene rings is 1. The molecule has 0 aliphatic heterocycles. The maximum absolute atomic E-state index is 11.1. The van der Waals surface area contributed by atoms with E-state index in [2.05, 4.69) is 10.1 Å². The fraction of sp³-hybridized carbons (Fsp3) is 0.0625. The average molecular weight is 279 g/mol. The van der Waals surface area contributed by atoms with Crippen LogP contribution in [0, 0.1) is 6.92 Å². The average Bonchev–Trinajstić information content (AvgIpc) is 2.98. The van der Waals surface area contributed by atoms with Crippen molar-refractivity contribution in [1.29, 1.82) is 0 Å². The number of nitrogens with zero attached hydrogens (tertiary/aromatic N) is 3. The number of carbonyl (C=O) groups is 1. The van der Waals surface area contributed by atoms with E-state index in [1.165, 1.54) is 0 Å². The first-order valence-corrected chi connectivity index (χ1v) is 6.45. The van der Waals surface area contributed by atoms with Gasteiger partial charge in [0.25, 0.3) is 0 Å². The Morgan fingerprint density at radius 1 is 1.24 bits per heavy atom. The molecule has 0 aliphatic rings. The van der Waals surface area contributed by atoms with Crippen molar-refractivity contribution in [2.75, 3.05) is 0 Å². The number of rotatable bonds is 3. The van der Waals surface area contributed by atoms with E-state index < -0.39 is 5.97 Å². The molecule has 1 aromatic carbocycles. The molecule has 2 heterocycles. The summed E-state index contributed by atoms with van der Waals surface area (Å²) in [6.07, 6.45) is 5.27. The lowest BCUT2D eigenvalue weighted by molar-refractivity contribution is 0.0697. The molecule has 0 aliphatic carbocycles. The molecule has 0 saturated heterocycles. The zero-order chi connectivity index (χ0) is 14.8. The number of aromatic carboxylic acids is 1. The third kappa shape index (κ3) is 2.53. The molecule has 104 valence electrons. The van der Waals surface area contributed by atoms with Gasteiger partial charge in [0.05, 0.1) is 16.9 Å². The quantitative estimate of drug-likeness (QED) is 0.800. The van der Waals surface area contributed by atoms with Gasteiger partial charge < -0.3 is 5.11 Å². The van der Waals surface area contributed by atoms with Gasteiger partial charge in [0.15, 0.2) is 0 Å². The zero-order valence-electron chi connectivity index (χ0n) is 11.4. The Morgan fingerprint density at radius 3 is 2.81 bits per heavy atom. The lowest BCUT2D eigenvalue weighted by atomic mass is 10.1. The van der Waals surface area contributed by atoms with E-state index in [1.54, 1.807) is 35.3 Å². The fourth-order valence-electron chi connectivity index (χ4n) is 2.12. The monoisotopic (exact) mass is 279 g/mol. The molecule has 5 nitrogen and oxygen atoms in total. The van der Waals surface area contributed by atoms with Crippen LogP contribution < -0.4 is 0 Å². The van der Waals surface area contributed by atoms with Gasteiger partial charge in [0, 0.05) is 24.2 Å². The molecule has 0 bridgehead atoms. The minimum atomic E-state index is -0.948. The summed E-state index contributed by atoms with van der Waals surface area (Å²) in [4.78, 5) is 15.2. The number of carboxylic acid groups (broad SMARTS) is 1. The van der Waals surface area contributed by atoms with E-state index in [1.807, 2.05) is 31.3 Å². The van der Waals surface area contributed by atoms with E-state index in [9.17, 15) is 4.79 Å². The van der Waals surface area contributed by atoms with Crippen LogP contribution in [0.25, 0.3) is 16.9 Å². The predicted molar refractivity (Wildman–Crippen MR) is 78.5 cm³/mol. The van der Waals surface area contributed by atoms with E-state index in [-0.39, 0.29) is 5.56 Å². The van der Waals surface area contributed by atoms with Crippen molar-refractivity contribution in [3.05, 3.63) is 66.1 Å². The van der Waals surface area contributed by atoms with Crippen LogP contribution in [0.3, 0.4) is 0 Å². The first-order chi connectivity index (χ1) is 10.1. The minimum Gasteiger partial charge on any atom is -0.478 e. The molecule has 0 fully saturated rings. The summed E-state index contributed by atoms with van der Waals surface area (Å²) in [5.41, 5.74) is 3.67. The Labute approximate surface area is 121 Å². The number of aryl methyl sites for hydroxylation is 1. The summed E-state index contributed by atoms with van der Waals surface area (Å²) in [5, 5.41) is 13.6. The van der Waals surface area contributed by atoms with Crippen LogP contribution in [0.15, 0.2) is 55.0 Å². The van der Waals surface area contributed by atoms with Crippen LogP contribution >= 0.6 is 0 Å². The lowest BCUT2D eigenvalue weighted by Crippen LogP contribution is -2.02. The van der Waals surface area contributed by atoms with Crippen molar-refractivity contribution < 1.29 is 9.90 Å². The summed E-state index contributed by atoms with van der Waals surface area (Å²) < 4.78 is 1.68. The molecule has 3 aromatic rings. The summed E-state index contributed by atoms with van der Waals surface area (Å²) in [5.74, 6) is -0.948. The van der Waals surface area contributed by atoms with Gasteiger partial charge in [0.2, 0.25) is 0 Å². The smallest absolute Gasteiger partial charge is 0.335 e. The van der Waals surface area contributed by atoms with Crippen molar-refractivity contribution in [3.63, 3.8) is 0 Å². The number of hydrogen-bond donors (Lipinski definition) is 1. The Hall–Kier alpha value is -2.95. The highest BCUT2D eigenvalue weighted by molar-refractivity contribution is 5.88. The van der Waals surface area contributed by atoms with Crippen LogP contribution in [0.2, 0.25) is 0 Å². The van der Waals surface area contributed by atoms with Crippen LogP contribution in [0.5, 0.6) is 0 Å². The molecule has 0 amide bonds. The molecule has 0 atom stereocenters. The van der Waals surface area contributed by atoms with Crippen LogP contribution in [-0.4, -0.2) is 25.8 Å². The first-order valence-electron chi connectivity index (χ1n) is 6.45. The van der Waals surface area contributed by atoms with Crippen LogP contribution in [-0.2, 0) is 0 Å². The van der Waals surface area contributed by atoms with Gasteiger partial charge in [-0.1, -0.05) is 6.07 Å². The number of aromatic nitrogens is 3. The summed E-state index contributed by atoms with van der Waals surface area (Å²) in [6.45, 7) is 1.92. The summed E-state index contributed by atoms with van der Waals surface area (Å²) in [7, 11) is 0. The lowest BCUT2D eigenvalue weighted by Gasteiger charge is -2.07. The second-order valence-electron chi connectivity index (χ2n) is 4.69. The van der Waals surface area contributed by atoms with Gasteiger partial charge in [-0.05, 0) is 42.8 Å². The molecule has 21 heavy (non-hydrogen) atoms. The molecule has 1 N–H and O–H groups in total. The number of hydrogen-bond acceptors (Lipinski definition) is 3. The first kappa shape index (κ1) is 13.1. The third-order valence-electron chi connectivity index (χ3n) is 3.25. The number of pyridine rings is 1. The van der Waals surface area contributed by atoms with E-state index in [4.69, 9.17) is 5.11 Å². The van der Waals surface area contributed by atoms with Gasteiger partial charge >= 0.3 is 5.97 Å². The highest BCUT2D eigenvalue weighted by atomic mass is 16.4. The highest BCUT2D eigenvalue weighted by Gasteiger charge is 2.09. The highest BCUT2D eigenvalue weighted by Crippen LogP contribution is 2.20. The van der Waals surface area contributed by atoms with Crippen molar-refractivity contribution in [2.45, 2.75) is 6.92 Å². The predicted octanol–water partition coefficient (Wildman–Crippen LogP) is 2.94. The van der Waals surface area contributed by atoms with E-state index >= 15 is 0 Å². The van der Waals surface area contributed by atoms with Crippen molar-refractivity contribution in [1.82, 2.24) is 14.8 Å². The Morgan fingerprint density at radius 2 is 2.10 bits per heavy atom. The van der Waals surface area contributed by atoms with Crippen molar-refractivity contribution >= 4 is 5.97 Å². The standard InChI is InChI=1S/C16H13N3O2/c1-11-4-5-12(16(20)21)9-15(11)19-8-6-14(18-19)13-3-2-7-17-10-13/h2-10H,1H3,(H,20,21). The van der Waals surface area contributed by atoms with Crippen LogP contribution in [0.4, 0.5) is 0 Å². The van der Waals surface area contributed by atoms with Gasteiger partial charge in [-0.3, -0.25) is 4.98 Å². The minimum absolute atomic E-state index is 0.244. The SMILES string of the molecule is Cc1ccc(C(=O)O)cc1-n1ccc(-c2cccnc2)n1. The molecule has 0 unspecified atom stereocenters. The number of carboxylic acids is 1. The molecular weight excluding hydrogens is 266 g/mol. The Bertz CT molecular complexity index is 794. The van der Waals surface area contributed by atoms with Gasteiger partial charge in [0.1, 0.15) is 0 Å². The fourth-order valence-corrected chi connectivity index (χ4v) is 2.12. The maximum Gasteiger partial charge on any atom is 0.335 e. The summed E-state index contributed by atoms with van der Waals surface area (Å²) in [6, 6.07) is 10.7. The topological polar surface area (TPSA) is 68.0 Å². The normalized spacial score (nSPS) is 10.5. The molecule has 0 radical (unpaired) electrons. The molecule has 0 saturated carbocycles. The summed E-state index contributed by atoms with van der Waals surface area (Å²) >= 11 is 0. The largest absolute Gasteiger partial charge is 0.478 e. The molecule has 3 rings (SSSR count). The van der Waals surface area contributed by atoms with Gasteiger partial charge in [-0.25, -0.2) is 9.48 Å². The molecular formula is C16H13N3O2. The second-order valence-corrected chi connectivity index (χ2v) is 4.69. The maximum atomic E-state index is 11.1. The second kappa shape index (κ2) is 5.20. The molecule has 0 spiro atoms. The molecule has 2 aromatic heterocycles. The van der Waals surface area contributed by atoms with E-state index in [0.717, 1.165) is 22.5 Å². The zero-order valence-corrected chi connectivity index (χ0v) is 11.4. The Kier molecular flexibility index (Phi) is 3.23. The Balaban J connectivity index is 2.04. The van der Waals surface area contributed by atoms with Gasteiger partial charge in [-0.2, -0.15) is 5.10 Å². The van der Waals surface area contributed by atoms with Crippen molar-refractivity contribution in [3.8, 4) is 16.9 Å². The van der Waals surface area contributed by atoms with E-state index in [0.29, 0.717) is 0 Å². The van der Waals surface area contributed by atoms with Crippen molar-refractivity contribution in [2.24, 2.45) is 0 Å². The van der Waals surface area contributed by atoms with Gasteiger partial charge in [-0.15, -0.1) is 0 Å². The molecule has 5 heteroatoms.